The smallest absolute Gasteiger partial charge is 0.387 e. The van der Waals surface area contributed by atoms with E-state index < -0.39 is 17.8 Å². The molecule has 1 saturated heterocycles. The molecular formula is C17H23F3N2O. The fourth-order valence-corrected chi connectivity index (χ4v) is 3.23. The van der Waals surface area contributed by atoms with Crippen molar-refractivity contribution in [1.82, 2.24) is 10.2 Å². The molecule has 0 bridgehead atoms. The summed E-state index contributed by atoms with van der Waals surface area (Å²) in [5, 5.41) is 13.5. The first-order chi connectivity index (χ1) is 10.9. The van der Waals surface area contributed by atoms with Gasteiger partial charge in [0.05, 0.1) is 11.7 Å². The Morgan fingerprint density at radius 1 is 1.17 bits per heavy atom. The van der Waals surface area contributed by atoms with Gasteiger partial charge in [-0.25, -0.2) is 0 Å². The number of piperidine rings is 1. The summed E-state index contributed by atoms with van der Waals surface area (Å²) >= 11 is 0. The molecule has 0 amide bonds. The van der Waals surface area contributed by atoms with Crippen LogP contribution in [-0.2, 0) is 6.18 Å². The fraction of sp³-hybridized carbons (Fsp3) is 0.647. The van der Waals surface area contributed by atoms with Crippen molar-refractivity contribution in [3.8, 4) is 0 Å². The highest BCUT2D eigenvalue weighted by Crippen LogP contribution is 2.31. The number of rotatable bonds is 5. The minimum Gasteiger partial charge on any atom is -0.387 e. The second-order valence-corrected chi connectivity index (χ2v) is 6.59. The Kier molecular flexibility index (Phi) is 4.94. The fourth-order valence-electron chi connectivity index (χ4n) is 3.23. The number of likely N-dealkylation sites (tertiary alicyclic amines) is 1. The van der Waals surface area contributed by atoms with E-state index in [1.165, 1.54) is 25.0 Å². The van der Waals surface area contributed by atoms with Crippen molar-refractivity contribution in [2.24, 2.45) is 0 Å². The minimum absolute atomic E-state index is 0.287. The van der Waals surface area contributed by atoms with Gasteiger partial charge in [0.1, 0.15) is 0 Å². The van der Waals surface area contributed by atoms with Gasteiger partial charge in [0.25, 0.3) is 0 Å². The third kappa shape index (κ3) is 4.46. The van der Waals surface area contributed by atoms with Gasteiger partial charge in [0.2, 0.25) is 0 Å². The summed E-state index contributed by atoms with van der Waals surface area (Å²) in [7, 11) is 0. The zero-order chi connectivity index (χ0) is 16.4. The predicted octanol–water partition coefficient (Wildman–Crippen LogP) is 2.96. The highest BCUT2D eigenvalue weighted by atomic mass is 19.4. The number of aliphatic hydroxyl groups is 1. The van der Waals surface area contributed by atoms with Crippen LogP contribution in [0.1, 0.15) is 42.9 Å². The zero-order valence-corrected chi connectivity index (χ0v) is 13.0. The Balaban J connectivity index is 1.48. The molecule has 1 aliphatic heterocycles. The molecule has 1 aliphatic carbocycles. The van der Waals surface area contributed by atoms with Gasteiger partial charge in [-0.3, -0.25) is 0 Å². The van der Waals surface area contributed by atoms with Crippen LogP contribution in [-0.4, -0.2) is 41.7 Å². The van der Waals surface area contributed by atoms with Crippen molar-refractivity contribution >= 4 is 0 Å². The molecule has 0 spiro atoms. The molecule has 1 saturated carbocycles. The monoisotopic (exact) mass is 328 g/mol. The Labute approximate surface area is 134 Å². The van der Waals surface area contributed by atoms with Crippen LogP contribution in [0.3, 0.4) is 0 Å². The Morgan fingerprint density at radius 2 is 1.87 bits per heavy atom. The van der Waals surface area contributed by atoms with Gasteiger partial charge in [-0.2, -0.15) is 13.2 Å². The first-order valence-electron chi connectivity index (χ1n) is 8.26. The van der Waals surface area contributed by atoms with E-state index in [0.29, 0.717) is 11.6 Å². The molecule has 1 atom stereocenters. The van der Waals surface area contributed by atoms with Gasteiger partial charge in [-0.05, 0) is 56.5 Å². The summed E-state index contributed by atoms with van der Waals surface area (Å²) in [6.45, 7) is 2.43. The average molecular weight is 328 g/mol. The number of hydrogen-bond acceptors (Lipinski definition) is 3. The van der Waals surface area contributed by atoms with E-state index >= 15 is 0 Å². The number of aliphatic hydroxyl groups excluding tert-OH is 1. The molecule has 3 rings (SSSR count). The molecule has 1 aromatic rings. The van der Waals surface area contributed by atoms with Crippen molar-refractivity contribution in [2.45, 2.75) is 50.0 Å². The van der Waals surface area contributed by atoms with Crippen LogP contribution in [0.2, 0.25) is 0 Å². The number of benzene rings is 1. The normalized spacial score (nSPS) is 22.3. The number of hydrogen-bond donors (Lipinski definition) is 2. The summed E-state index contributed by atoms with van der Waals surface area (Å²) in [4.78, 5) is 2.52. The first kappa shape index (κ1) is 16.7. The van der Waals surface area contributed by atoms with Gasteiger partial charge < -0.3 is 15.3 Å². The Hall–Kier alpha value is -1.11. The van der Waals surface area contributed by atoms with Crippen LogP contribution in [0.15, 0.2) is 24.3 Å². The van der Waals surface area contributed by atoms with Crippen molar-refractivity contribution in [3.05, 3.63) is 35.4 Å². The molecular weight excluding hydrogens is 305 g/mol. The maximum atomic E-state index is 12.7. The van der Waals surface area contributed by atoms with E-state index in [1.807, 2.05) is 0 Å². The van der Waals surface area contributed by atoms with E-state index in [4.69, 9.17) is 0 Å². The Bertz CT molecular complexity index is 523. The van der Waals surface area contributed by atoms with Gasteiger partial charge in [-0.1, -0.05) is 12.1 Å². The molecule has 23 heavy (non-hydrogen) atoms. The van der Waals surface area contributed by atoms with Gasteiger partial charge in [-0.15, -0.1) is 0 Å². The van der Waals surface area contributed by atoms with Gasteiger partial charge in [0.15, 0.2) is 0 Å². The molecule has 0 aromatic heterocycles. The lowest BCUT2D eigenvalue weighted by molar-refractivity contribution is -0.137. The van der Waals surface area contributed by atoms with Crippen LogP contribution in [0.4, 0.5) is 13.2 Å². The second kappa shape index (κ2) is 6.79. The zero-order valence-electron chi connectivity index (χ0n) is 13.0. The van der Waals surface area contributed by atoms with Gasteiger partial charge >= 0.3 is 6.18 Å². The maximum Gasteiger partial charge on any atom is 0.416 e. The first-order valence-corrected chi connectivity index (χ1v) is 8.26. The van der Waals surface area contributed by atoms with Crippen molar-refractivity contribution in [2.75, 3.05) is 19.6 Å². The molecule has 1 unspecified atom stereocenters. The van der Waals surface area contributed by atoms with E-state index in [0.717, 1.165) is 44.1 Å². The number of alkyl halides is 3. The highest BCUT2D eigenvalue weighted by Gasteiger charge is 2.32. The molecule has 2 fully saturated rings. The summed E-state index contributed by atoms with van der Waals surface area (Å²) in [5.74, 6) is 0. The molecule has 1 aromatic carbocycles. The van der Waals surface area contributed by atoms with Crippen LogP contribution < -0.4 is 5.32 Å². The topological polar surface area (TPSA) is 35.5 Å². The standard InChI is InChI=1S/C17H23F3N2O/c18-17(19,20)13-3-1-2-12(10-13)16(23)11-21-14-6-8-22(9-7-14)15-4-5-15/h1-3,10,14-16,21,23H,4-9,11H2. The third-order valence-electron chi connectivity index (χ3n) is 4.79. The molecule has 2 N–H and O–H groups in total. The number of nitrogens with zero attached hydrogens (tertiary/aromatic N) is 1. The summed E-state index contributed by atoms with van der Waals surface area (Å²) in [6, 6.07) is 6.06. The van der Waals surface area contributed by atoms with Gasteiger partial charge in [0, 0.05) is 18.6 Å². The van der Waals surface area contributed by atoms with Crippen LogP contribution in [0.5, 0.6) is 0 Å². The van der Waals surface area contributed by atoms with E-state index in [-0.39, 0.29) is 6.54 Å². The number of nitrogens with one attached hydrogen (secondary N) is 1. The molecule has 2 aliphatic rings. The lowest BCUT2D eigenvalue weighted by Crippen LogP contribution is -2.44. The summed E-state index contributed by atoms with van der Waals surface area (Å²) < 4.78 is 38.1. The van der Waals surface area contributed by atoms with Crippen LogP contribution >= 0.6 is 0 Å². The SMILES string of the molecule is OC(CNC1CCN(C2CC2)CC1)c1cccc(C(F)(F)F)c1. The van der Waals surface area contributed by atoms with Crippen molar-refractivity contribution in [1.29, 1.82) is 0 Å². The lowest BCUT2D eigenvalue weighted by Gasteiger charge is -2.33. The van der Waals surface area contributed by atoms with Crippen LogP contribution in [0.25, 0.3) is 0 Å². The van der Waals surface area contributed by atoms with E-state index in [2.05, 4.69) is 10.2 Å². The molecule has 6 heteroatoms. The predicted molar refractivity (Wildman–Crippen MR) is 82.0 cm³/mol. The minimum atomic E-state index is -4.38. The molecule has 0 radical (unpaired) electrons. The second-order valence-electron chi connectivity index (χ2n) is 6.59. The highest BCUT2D eigenvalue weighted by molar-refractivity contribution is 5.27. The average Bonchev–Trinajstić information content (AvgIpc) is 3.37. The van der Waals surface area contributed by atoms with Crippen molar-refractivity contribution in [3.63, 3.8) is 0 Å². The van der Waals surface area contributed by atoms with Crippen molar-refractivity contribution < 1.29 is 18.3 Å². The molecule has 128 valence electrons. The lowest BCUT2D eigenvalue weighted by atomic mass is 10.0. The quantitative estimate of drug-likeness (QED) is 0.872. The van der Waals surface area contributed by atoms with E-state index in [9.17, 15) is 18.3 Å². The summed E-state index contributed by atoms with van der Waals surface area (Å²) in [5.41, 5.74) is -0.408. The number of halogens is 3. The van der Waals surface area contributed by atoms with Crippen LogP contribution in [0, 0.1) is 0 Å². The molecule has 1 heterocycles. The van der Waals surface area contributed by atoms with E-state index in [1.54, 1.807) is 0 Å². The largest absolute Gasteiger partial charge is 0.416 e. The summed E-state index contributed by atoms with van der Waals surface area (Å²) in [6.07, 6.45) is -0.603. The maximum absolute atomic E-state index is 12.7. The third-order valence-corrected chi connectivity index (χ3v) is 4.79. The Morgan fingerprint density at radius 3 is 2.48 bits per heavy atom. The molecule has 3 nitrogen and oxygen atoms in total.